The first-order valence-electron chi connectivity index (χ1n) is 15.8. The average molecular weight is 715 g/mol. The molecule has 0 aromatic carbocycles. The number of esters is 6. The molecule has 16 heteroatoms. The first-order chi connectivity index (χ1) is 22.7. The Hall–Kier alpha value is -3.53. The van der Waals surface area contributed by atoms with Gasteiger partial charge in [0.05, 0.1) is 23.3 Å². The Labute approximate surface area is 288 Å². The molecule has 2 N–H and O–H groups in total. The van der Waals surface area contributed by atoms with Crippen molar-refractivity contribution in [3.05, 3.63) is 24.3 Å². The second-order valence-electron chi connectivity index (χ2n) is 13.6. The van der Waals surface area contributed by atoms with Crippen LogP contribution in [0.5, 0.6) is 0 Å². The summed E-state index contributed by atoms with van der Waals surface area (Å²) in [4.78, 5) is 77.9. The molecule has 0 radical (unpaired) electrons. The van der Waals surface area contributed by atoms with Crippen LogP contribution in [0.4, 0.5) is 0 Å². The van der Waals surface area contributed by atoms with Crippen molar-refractivity contribution in [2.24, 2.45) is 23.2 Å². The summed E-state index contributed by atoms with van der Waals surface area (Å²) >= 11 is 6.79. The van der Waals surface area contributed by atoms with E-state index in [1.807, 2.05) is 0 Å². The number of halogens is 1. The molecular formula is C33H43ClO15. The average Bonchev–Trinajstić information content (AvgIpc) is 3.75. The number of rotatable bonds is 8. The molecule has 1 saturated carbocycles. The monoisotopic (exact) mass is 714 g/mol. The van der Waals surface area contributed by atoms with Crippen LogP contribution in [0, 0.1) is 23.2 Å². The zero-order valence-corrected chi connectivity index (χ0v) is 29.1. The summed E-state index contributed by atoms with van der Waals surface area (Å²) in [5, 5.41) is 21.2. The molecule has 0 aromatic rings. The zero-order valence-electron chi connectivity index (χ0n) is 28.3. The van der Waals surface area contributed by atoms with Crippen LogP contribution in [0.25, 0.3) is 0 Å². The van der Waals surface area contributed by atoms with Crippen molar-refractivity contribution < 1.29 is 72.1 Å². The third kappa shape index (κ3) is 6.82. The molecule has 49 heavy (non-hydrogen) atoms. The van der Waals surface area contributed by atoms with Gasteiger partial charge in [0.2, 0.25) is 0 Å². The smallest absolute Gasteiger partial charge is 0.332 e. The van der Waals surface area contributed by atoms with Crippen LogP contribution >= 0.6 is 11.6 Å². The Balaban J connectivity index is 2.16. The fourth-order valence-electron chi connectivity index (χ4n) is 7.51. The SMILES string of the molecule is C=C1/C=C\[C@H](OC(=O)CO)[C@@]2(C)[C@@H](OC(C)=O)[C@@H](OC(C)=O)[C@@H](OC(=O)CC(C)C)[C@]3(CO3)[C@@H]2[C@H](OC(C)=O)[C@]2(O)[C@@H](C)C(=O)O[C@H]2[C@H]1Cl. The molecule has 0 amide bonds. The van der Waals surface area contributed by atoms with Crippen LogP contribution in [-0.2, 0) is 61.9 Å². The number of allylic oxidation sites excluding steroid dienone is 1. The van der Waals surface area contributed by atoms with Gasteiger partial charge in [0, 0.05) is 33.1 Å². The van der Waals surface area contributed by atoms with Gasteiger partial charge in [-0.25, -0.2) is 4.79 Å². The number of hydrogen-bond acceptors (Lipinski definition) is 15. The van der Waals surface area contributed by atoms with Gasteiger partial charge < -0.3 is 43.4 Å². The fourth-order valence-corrected chi connectivity index (χ4v) is 7.84. The van der Waals surface area contributed by atoms with Gasteiger partial charge in [-0.3, -0.25) is 24.0 Å². The second-order valence-corrected chi connectivity index (χ2v) is 14.1. The van der Waals surface area contributed by atoms with Gasteiger partial charge in [0.25, 0.3) is 0 Å². The van der Waals surface area contributed by atoms with Crippen LogP contribution in [0.15, 0.2) is 24.3 Å². The highest BCUT2D eigenvalue weighted by Gasteiger charge is 2.81. The van der Waals surface area contributed by atoms with E-state index >= 15 is 0 Å². The van der Waals surface area contributed by atoms with Gasteiger partial charge in [-0.1, -0.05) is 33.4 Å². The number of alkyl halides is 1. The molecule has 4 rings (SSSR count). The van der Waals surface area contributed by atoms with Crippen molar-refractivity contribution in [2.45, 2.75) is 108 Å². The van der Waals surface area contributed by atoms with Crippen molar-refractivity contribution in [2.75, 3.05) is 13.2 Å². The highest BCUT2D eigenvalue weighted by Crippen LogP contribution is 2.63. The maximum Gasteiger partial charge on any atom is 0.332 e. The molecule has 2 aliphatic carbocycles. The molecule has 0 unspecified atom stereocenters. The number of carbonyl (C=O) groups excluding carboxylic acids is 6. The quantitative estimate of drug-likeness (QED) is 0.156. The topological polar surface area (TPSA) is 211 Å². The van der Waals surface area contributed by atoms with Crippen LogP contribution in [0.1, 0.15) is 54.9 Å². The van der Waals surface area contributed by atoms with E-state index in [0.29, 0.717) is 0 Å². The van der Waals surface area contributed by atoms with E-state index in [-0.39, 0.29) is 24.5 Å². The molecule has 1 spiro atoms. The third-order valence-corrected chi connectivity index (χ3v) is 10.2. The van der Waals surface area contributed by atoms with Gasteiger partial charge in [-0.05, 0) is 24.5 Å². The van der Waals surface area contributed by atoms with Crippen LogP contribution in [-0.4, -0.2) is 112 Å². The molecular weight excluding hydrogens is 672 g/mol. The van der Waals surface area contributed by atoms with E-state index in [2.05, 4.69) is 6.58 Å². The fraction of sp³-hybridized carbons (Fsp3) is 0.697. The van der Waals surface area contributed by atoms with E-state index in [0.717, 1.165) is 20.8 Å². The molecule has 2 aliphatic heterocycles. The Morgan fingerprint density at radius 2 is 1.55 bits per heavy atom. The normalized spacial score (nSPS) is 40.3. The summed E-state index contributed by atoms with van der Waals surface area (Å²) in [6.45, 7) is 12.1. The summed E-state index contributed by atoms with van der Waals surface area (Å²) in [6, 6.07) is 0. The van der Waals surface area contributed by atoms with Gasteiger partial charge >= 0.3 is 35.8 Å². The summed E-state index contributed by atoms with van der Waals surface area (Å²) in [5.41, 5.74) is -6.16. The molecule has 272 valence electrons. The van der Waals surface area contributed by atoms with E-state index in [9.17, 15) is 39.0 Å². The van der Waals surface area contributed by atoms with Gasteiger partial charge in [0.1, 0.15) is 24.4 Å². The molecule has 4 aliphatic rings. The van der Waals surface area contributed by atoms with Crippen LogP contribution < -0.4 is 0 Å². The van der Waals surface area contributed by atoms with E-state index in [1.165, 1.54) is 26.0 Å². The number of epoxide rings is 1. The number of ether oxygens (including phenoxy) is 7. The number of hydrogen-bond donors (Lipinski definition) is 2. The summed E-state index contributed by atoms with van der Waals surface area (Å²) in [6.07, 6.45) is -7.35. The zero-order chi connectivity index (χ0) is 36.8. The molecule has 2 saturated heterocycles. The molecule has 0 bridgehead atoms. The number of aliphatic hydroxyl groups is 2. The van der Waals surface area contributed by atoms with E-state index in [4.69, 9.17) is 44.8 Å². The number of aliphatic hydroxyl groups excluding tert-OH is 1. The van der Waals surface area contributed by atoms with Gasteiger partial charge in [-0.15, -0.1) is 11.6 Å². The third-order valence-electron chi connectivity index (χ3n) is 9.70. The maximum absolute atomic E-state index is 13.3. The van der Waals surface area contributed by atoms with E-state index in [1.54, 1.807) is 13.8 Å². The number of fused-ring (bicyclic) bond motifs is 3. The van der Waals surface area contributed by atoms with Crippen LogP contribution in [0.2, 0.25) is 0 Å². The largest absolute Gasteiger partial charge is 0.459 e. The lowest BCUT2D eigenvalue weighted by atomic mass is 9.51. The number of carbonyl (C=O) groups is 6. The second kappa shape index (κ2) is 14.0. The maximum atomic E-state index is 13.3. The van der Waals surface area contributed by atoms with Crippen molar-refractivity contribution in [1.82, 2.24) is 0 Å². The lowest BCUT2D eigenvalue weighted by Gasteiger charge is -2.59. The van der Waals surface area contributed by atoms with Gasteiger partial charge in [-0.2, -0.15) is 0 Å². The first-order valence-corrected chi connectivity index (χ1v) is 16.3. The molecule has 12 atom stereocenters. The summed E-state index contributed by atoms with van der Waals surface area (Å²) in [7, 11) is 0. The molecule has 3 fully saturated rings. The van der Waals surface area contributed by atoms with Crippen molar-refractivity contribution >= 4 is 47.4 Å². The van der Waals surface area contributed by atoms with Crippen molar-refractivity contribution in [3.63, 3.8) is 0 Å². The Bertz CT molecular complexity index is 1420. The highest BCUT2D eigenvalue weighted by molar-refractivity contribution is 6.23. The lowest BCUT2D eigenvalue weighted by molar-refractivity contribution is -0.281. The van der Waals surface area contributed by atoms with Crippen molar-refractivity contribution in [1.29, 1.82) is 0 Å². The van der Waals surface area contributed by atoms with E-state index < -0.39 is 113 Å². The molecule has 2 heterocycles. The highest BCUT2D eigenvalue weighted by atomic mass is 35.5. The van der Waals surface area contributed by atoms with Gasteiger partial charge in [0.15, 0.2) is 30.0 Å². The minimum absolute atomic E-state index is 0.0647. The summed E-state index contributed by atoms with van der Waals surface area (Å²) in [5.74, 6) is -8.62. The minimum Gasteiger partial charge on any atom is -0.459 e. The first kappa shape index (κ1) is 38.3. The Morgan fingerprint density at radius 3 is 2.06 bits per heavy atom. The van der Waals surface area contributed by atoms with Crippen molar-refractivity contribution in [3.8, 4) is 0 Å². The predicted octanol–water partition coefficient (Wildman–Crippen LogP) is 1.07. The molecule has 0 aromatic heterocycles. The molecule has 15 nitrogen and oxygen atoms in total. The predicted molar refractivity (Wildman–Crippen MR) is 165 cm³/mol. The Morgan fingerprint density at radius 1 is 0.980 bits per heavy atom. The Kier molecular flexibility index (Phi) is 10.9. The minimum atomic E-state index is -2.47. The lowest BCUT2D eigenvalue weighted by Crippen LogP contribution is -2.76. The summed E-state index contributed by atoms with van der Waals surface area (Å²) < 4.78 is 41.0. The standard InChI is InChI=1S/C33H43ClO15/c1-14(2)11-21(39)48-28-24(44-17(5)36)27(45-18(6)37)31(8)20(47-22(40)12-35)10-9-15(3)23(34)26-33(42,16(4)30(41)49-26)29(46-19(7)38)25(31)32(28)13-43-32/h9-10,14,16,20,23-29,35,42H,3,11-13H2,1-2,4-8H3/b10-9-/t16-,20-,23-,24+,25+,26-,27-,28+,29-,31+,32-,33-/m0/s1. The van der Waals surface area contributed by atoms with Crippen LogP contribution in [0.3, 0.4) is 0 Å².